The van der Waals surface area contributed by atoms with Crippen LogP contribution in [0.2, 0.25) is 0 Å². The van der Waals surface area contributed by atoms with Gasteiger partial charge in [-0.2, -0.15) is 0 Å². The number of carboxylic acids is 1. The highest BCUT2D eigenvalue weighted by Crippen LogP contribution is 2.20. The van der Waals surface area contributed by atoms with Crippen LogP contribution in [-0.4, -0.2) is 23.8 Å². The van der Waals surface area contributed by atoms with Crippen LogP contribution >= 0.6 is 0 Å². The first kappa shape index (κ1) is 14.4. The van der Waals surface area contributed by atoms with E-state index in [9.17, 15) is 4.79 Å². The van der Waals surface area contributed by atoms with Crippen LogP contribution in [0.1, 0.15) is 52.9 Å². The molecule has 0 fully saturated rings. The summed E-state index contributed by atoms with van der Waals surface area (Å²) in [5, 5.41) is 8.54. The molecule has 0 aliphatic heterocycles. The van der Waals surface area contributed by atoms with Crippen LogP contribution in [0.15, 0.2) is 0 Å². The third kappa shape index (κ3) is 8.43. The minimum Gasteiger partial charge on any atom is -0.481 e. The fourth-order valence-electron chi connectivity index (χ4n) is 1.49. The van der Waals surface area contributed by atoms with Crippen molar-refractivity contribution in [3.05, 3.63) is 0 Å². The van der Waals surface area contributed by atoms with E-state index in [2.05, 4.69) is 20.8 Å². The minimum atomic E-state index is -0.695. The lowest BCUT2D eigenvalue weighted by Gasteiger charge is -2.23. The predicted octanol–water partition coefficient (Wildman–Crippen LogP) is 3.08. The molecule has 0 rings (SSSR count). The van der Waals surface area contributed by atoms with E-state index < -0.39 is 5.97 Å². The topological polar surface area (TPSA) is 46.5 Å². The number of carbonyl (C=O) groups is 1. The monoisotopic (exact) mass is 216 g/mol. The van der Waals surface area contributed by atoms with Gasteiger partial charge in [0.2, 0.25) is 0 Å². The zero-order chi connectivity index (χ0) is 11.9. The van der Waals surface area contributed by atoms with E-state index in [0.717, 1.165) is 25.7 Å². The SMILES string of the molecule is COC(C)(C)CCCC(C)CCC(=O)O. The first-order valence-electron chi connectivity index (χ1n) is 5.64. The summed E-state index contributed by atoms with van der Waals surface area (Å²) in [6.07, 6.45) is 4.28. The van der Waals surface area contributed by atoms with Crippen LogP contribution in [0.3, 0.4) is 0 Å². The highest BCUT2D eigenvalue weighted by Gasteiger charge is 2.16. The Labute approximate surface area is 92.8 Å². The molecule has 90 valence electrons. The average molecular weight is 216 g/mol. The molecule has 1 unspecified atom stereocenters. The van der Waals surface area contributed by atoms with Gasteiger partial charge in [-0.15, -0.1) is 0 Å². The molecule has 3 heteroatoms. The Bertz CT molecular complexity index is 187. The zero-order valence-corrected chi connectivity index (χ0v) is 10.4. The zero-order valence-electron chi connectivity index (χ0n) is 10.4. The Balaban J connectivity index is 3.54. The van der Waals surface area contributed by atoms with Crippen LogP contribution < -0.4 is 0 Å². The van der Waals surface area contributed by atoms with Gasteiger partial charge in [0.1, 0.15) is 0 Å². The standard InChI is InChI=1S/C12H24O3/c1-10(7-8-11(13)14)6-5-9-12(2,3)15-4/h10H,5-9H2,1-4H3,(H,13,14). The fraction of sp³-hybridized carbons (Fsp3) is 0.917. The number of ether oxygens (including phenoxy) is 1. The molecular formula is C12H24O3. The van der Waals surface area contributed by atoms with Crippen molar-refractivity contribution in [1.82, 2.24) is 0 Å². The molecular weight excluding hydrogens is 192 g/mol. The van der Waals surface area contributed by atoms with Gasteiger partial charge in [0.15, 0.2) is 0 Å². The Hall–Kier alpha value is -0.570. The van der Waals surface area contributed by atoms with Crippen LogP contribution in [0.4, 0.5) is 0 Å². The number of hydrogen-bond donors (Lipinski definition) is 1. The summed E-state index contributed by atoms with van der Waals surface area (Å²) in [5.41, 5.74) is -0.0491. The number of aliphatic carboxylic acids is 1. The quantitative estimate of drug-likeness (QED) is 0.678. The normalized spacial score (nSPS) is 13.9. The van der Waals surface area contributed by atoms with Gasteiger partial charge < -0.3 is 9.84 Å². The van der Waals surface area contributed by atoms with E-state index in [0.29, 0.717) is 5.92 Å². The third-order valence-corrected chi connectivity index (χ3v) is 2.88. The minimum absolute atomic E-state index is 0.0491. The van der Waals surface area contributed by atoms with E-state index in [-0.39, 0.29) is 12.0 Å². The fourth-order valence-corrected chi connectivity index (χ4v) is 1.49. The maximum absolute atomic E-state index is 10.4. The lowest BCUT2D eigenvalue weighted by Crippen LogP contribution is -2.22. The Morgan fingerprint density at radius 1 is 1.40 bits per heavy atom. The van der Waals surface area contributed by atoms with Gasteiger partial charge in [0, 0.05) is 13.5 Å². The van der Waals surface area contributed by atoms with Crippen molar-refractivity contribution in [1.29, 1.82) is 0 Å². The van der Waals surface area contributed by atoms with Crippen molar-refractivity contribution in [2.24, 2.45) is 5.92 Å². The maximum Gasteiger partial charge on any atom is 0.303 e. The molecule has 0 saturated heterocycles. The average Bonchev–Trinajstić information content (AvgIpc) is 2.14. The summed E-state index contributed by atoms with van der Waals surface area (Å²) in [6.45, 7) is 6.27. The molecule has 15 heavy (non-hydrogen) atoms. The summed E-state index contributed by atoms with van der Waals surface area (Å²) >= 11 is 0. The molecule has 0 aliphatic rings. The lowest BCUT2D eigenvalue weighted by molar-refractivity contribution is -0.137. The van der Waals surface area contributed by atoms with Crippen molar-refractivity contribution < 1.29 is 14.6 Å². The van der Waals surface area contributed by atoms with Gasteiger partial charge >= 0.3 is 5.97 Å². The molecule has 1 N–H and O–H groups in total. The predicted molar refractivity (Wildman–Crippen MR) is 61.0 cm³/mol. The van der Waals surface area contributed by atoms with E-state index >= 15 is 0 Å². The summed E-state index contributed by atoms with van der Waals surface area (Å²) in [6, 6.07) is 0. The van der Waals surface area contributed by atoms with Gasteiger partial charge in [-0.25, -0.2) is 0 Å². The number of carboxylic acid groups (broad SMARTS) is 1. The Morgan fingerprint density at radius 2 is 2.00 bits per heavy atom. The van der Waals surface area contributed by atoms with E-state index in [4.69, 9.17) is 9.84 Å². The van der Waals surface area contributed by atoms with Crippen molar-refractivity contribution in [2.75, 3.05) is 7.11 Å². The molecule has 0 radical (unpaired) electrons. The second kappa shape index (κ2) is 6.83. The largest absolute Gasteiger partial charge is 0.481 e. The van der Waals surface area contributed by atoms with Gasteiger partial charge in [-0.1, -0.05) is 19.8 Å². The van der Waals surface area contributed by atoms with Crippen LogP contribution in [0.5, 0.6) is 0 Å². The molecule has 0 aliphatic carbocycles. The molecule has 0 saturated carbocycles. The third-order valence-electron chi connectivity index (χ3n) is 2.88. The second-order valence-electron chi connectivity index (χ2n) is 4.89. The highest BCUT2D eigenvalue weighted by atomic mass is 16.5. The Morgan fingerprint density at radius 3 is 2.47 bits per heavy atom. The molecule has 0 aromatic carbocycles. The van der Waals surface area contributed by atoms with E-state index in [1.165, 1.54) is 0 Å². The summed E-state index contributed by atoms with van der Waals surface area (Å²) < 4.78 is 5.32. The van der Waals surface area contributed by atoms with Crippen LogP contribution in [-0.2, 0) is 9.53 Å². The number of rotatable bonds is 8. The van der Waals surface area contributed by atoms with Crippen LogP contribution in [0, 0.1) is 5.92 Å². The molecule has 0 heterocycles. The molecule has 0 aromatic heterocycles. The highest BCUT2D eigenvalue weighted by molar-refractivity contribution is 5.66. The van der Waals surface area contributed by atoms with E-state index in [1.807, 2.05) is 0 Å². The first-order chi connectivity index (χ1) is 6.87. The molecule has 3 nitrogen and oxygen atoms in total. The number of methoxy groups -OCH3 is 1. The summed E-state index contributed by atoms with van der Waals surface area (Å²) in [5.74, 6) is -0.201. The number of hydrogen-bond acceptors (Lipinski definition) is 2. The first-order valence-corrected chi connectivity index (χ1v) is 5.64. The molecule has 0 spiro atoms. The van der Waals surface area contributed by atoms with Crippen molar-refractivity contribution in [3.8, 4) is 0 Å². The summed E-state index contributed by atoms with van der Waals surface area (Å²) in [7, 11) is 1.73. The van der Waals surface area contributed by atoms with Gasteiger partial charge in [0.05, 0.1) is 5.60 Å². The molecule has 0 bridgehead atoms. The van der Waals surface area contributed by atoms with E-state index in [1.54, 1.807) is 7.11 Å². The summed E-state index contributed by atoms with van der Waals surface area (Å²) in [4.78, 5) is 10.4. The Kier molecular flexibility index (Phi) is 6.57. The molecule has 0 aromatic rings. The molecule has 1 atom stereocenters. The van der Waals surface area contributed by atoms with Crippen molar-refractivity contribution >= 4 is 5.97 Å². The second-order valence-corrected chi connectivity index (χ2v) is 4.89. The van der Waals surface area contributed by atoms with Gasteiger partial charge in [-0.3, -0.25) is 4.79 Å². The van der Waals surface area contributed by atoms with Gasteiger partial charge in [0.25, 0.3) is 0 Å². The maximum atomic E-state index is 10.4. The van der Waals surface area contributed by atoms with Crippen molar-refractivity contribution in [2.45, 2.75) is 58.5 Å². The smallest absolute Gasteiger partial charge is 0.303 e. The molecule has 0 amide bonds. The van der Waals surface area contributed by atoms with Gasteiger partial charge in [-0.05, 0) is 32.6 Å². The lowest BCUT2D eigenvalue weighted by atomic mass is 9.94. The van der Waals surface area contributed by atoms with Crippen molar-refractivity contribution in [3.63, 3.8) is 0 Å². The van der Waals surface area contributed by atoms with Crippen LogP contribution in [0.25, 0.3) is 0 Å².